The number of aryl methyl sites for hydroxylation is 1. The maximum Gasteiger partial charge on any atom is 0.238 e. The van der Waals surface area contributed by atoms with Gasteiger partial charge in [0.2, 0.25) is 11.8 Å². The van der Waals surface area contributed by atoms with E-state index in [0.29, 0.717) is 38.2 Å². The molecule has 2 heterocycles. The van der Waals surface area contributed by atoms with Crippen LogP contribution in [0.15, 0.2) is 54.6 Å². The zero-order chi connectivity index (χ0) is 25.6. The largest absolute Gasteiger partial charge is 0.492 e. The number of hydrogen-bond acceptors (Lipinski definition) is 4. The van der Waals surface area contributed by atoms with Crippen molar-refractivity contribution in [2.45, 2.75) is 30.7 Å². The molecule has 2 amide bonds. The Morgan fingerprint density at radius 1 is 1.06 bits per heavy atom. The first-order valence-corrected chi connectivity index (χ1v) is 12.3. The van der Waals surface area contributed by atoms with Gasteiger partial charge in [-0.1, -0.05) is 35.3 Å². The number of anilines is 1. The van der Waals surface area contributed by atoms with Crippen molar-refractivity contribution in [3.05, 3.63) is 92.7 Å². The van der Waals surface area contributed by atoms with E-state index in [1.807, 2.05) is 6.92 Å². The summed E-state index contributed by atoms with van der Waals surface area (Å²) in [6.07, 6.45) is -0.0142. The molecular weight excluding hydrogens is 504 g/mol. The lowest BCUT2D eigenvalue weighted by Gasteiger charge is -2.47. The van der Waals surface area contributed by atoms with Crippen molar-refractivity contribution >= 4 is 40.7 Å². The molecule has 0 aliphatic carbocycles. The molecule has 0 radical (unpaired) electrons. The Morgan fingerprint density at radius 2 is 1.81 bits per heavy atom. The minimum Gasteiger partial charge on any atom is -0.492 e. The minimum absolute atomic E-state index is 0.0142. The van der Waals surface area contributed by atoms with Gasteiger partial charge >= 0.3 is 0 Å². The number of benzene rings is 3. The molecule has 1 saturated heterocycles. The summed E-state index contributed by atoms with van der Waals surface area (Å²) in [7, 11) is 0. The molecule has 0 aromatic heterocycles. The van der Waals surface area contributed by atoms with Gasteiger partial charge in [0.25, 0.3) is 0 Å². The van der Waals surface area contributed by atoms with Crippen molar-refractivity contribution in [1.29, 1.82) is 0 Å². The average Bonchev–Trinajstić information content (AvgIpc) is 3.12. The molecule has 1 spiro atoms. The Balaban J connectivity index is 1.82. The van der Waals surface area contributed by atoms with Gasteiger partial charge in [-0.3, -0.25) is 9.59 Å². The second-order valence-electron chi connectivity index (χ2n) is 9.09. The van der Waals surface area contributed by atoms with E-state index >= 15 is 0 Å². The lowest BCUT2D eigenvalue weighted by Crippen LogP contribution is -2.57. The van der Waals surface area contributed by atoms with E-state index in [9.17, 15) is 14.0 Å². The first kappa shape index (κ1) is 24.6. The van der Waals surface area contributed by atoms with E-state index in [2.05, 4.69) is 10.6 Å². The Morgan fingerprint density at radius 3 is 2.58 bits per heavy atom. The molecule has 3 atom stereocenters. The Kier molecular flexibility index (Phi) is 6.41. The summed E-state index contributed by atoms with van der Waals surface area (Å²) in [5, 5.41) is 6.85. The zero-order valence-electron chi connectivity index (χ0n) is 19.4. The molecule has 3 aromatic rings. The van der Waals surface area contributed by atoms with Gasteiger partial charge in [-0.2, -0.15) is 0 Å². The quantitative estimate of drug-likeness (QED) is 0.434. The van der Waals surface area contributed by atoms with Gasteiger partial charge in [-0.15, -0.1) is 0 Å². The van der Waals surface area contributed by atoms with Crippen molar-refractivity contribution in [2.24, 2.45) is 5.73 Å². The average molecular weight is 528 g/mol. The number of nitrogens with two attached hydrogens (primary N) is 1. The number of ether oxygens (including phenoxy) is 1. The maximum atomic E-state index is 14.5. The van der Waals surface area contributed by atoms with E-state index in [1.54, 1.807) is 42.5 Å². The van der Waals surface area contributed by atoms with Gasteiger partial charge in [-0.25, -0.2) is 4.39 Å². The van der Waals surface area contributed by atoms with Crippen LogP contribution in [0.3, 0.4) is 0 Å². The molecule has 0 unspecified atom stereocenters. The molecule has 186 valence electrons. The lowest BCUT2D eigenvalue weighted by molar-refractivity contribution is -0.131. The fourth-order valence-corrected chi connectivity index (χ4v) is 5.89. The van der Waals surface area contributed by atoms with Crippen LogP contribution < -0.4 is 21.1 Å². The van der Waals surface area contributed by atoms with Crippen LogP contribution in [0.4, 0.5) is 10.1 Å². The van der Waals surface area contributed by atoms with Crippen LogP contribution in [-0.2, 0) is 15.0 Å². The van der Waals surface area contributed by atoms with Crippen LogP contribution in [0.5, 0.6) is 5.75 Å². The van der Waals surface area contributed by atoms with Crippen molar-refractivity contribution < 1.29 is 18.7 Å². The molecule has 0 saturated carbocycles. The molecule has 1 fully saturated rings. The molecule has 4 N–H and O–H groups in total. The van der Waals surface area contributed by atoms with Crippen LogP contribution in [0, 0.1) is 12.7 Å². The Labute approximate surface area is 217 Å². The summed E-state index contributed by atoms with van der Waals surface area (Å²) in [6.45, 7) is 2.35. The van der Waals surface area contributed by atoms with E-state index < -0.39 is 23.2 Å². The van der Waals surface area contributed by atoms with Gasteiger partial charge in [0.15, 0.2) is 0 Å². The van der Waals surface area contributed by atoms with Crippen molar-refractivity contribution in [3.63, 3.8) is 0 Å². The number of rotatable bonds is 5. The third-order valence-corrected chi connectivity index (χ3v) is 7.50. The molecular formula is C27H24Cl2FN3O3. The molecule has 6 nitrogen and oxygen atoms in total. The number of nitrogens with one attached hydrogen (secondary N) is 2. The molecule has 9 heteroatoms. The van der Waals surface area contributed by atoms with Crippen LogP contribution >= 0.6 is 23.2 Å². The highest BCUT2D eigenvalue weighted by Gasteiger charge is 2.61. The maximum absolute atomic E-state index is 14.5. The number of halogens is 3. The van der Waals surface area contributed by atoms with Crippen LogP contribution in [0.2, 0.25) is 10.0 Å². The molecule has 0 bridgehead atoms. The molecule has 5 rings (SSSR count). The second kappa shape index (κ2) is 9.39. The number of fused-ring (bicyclic) bond motifs is 2. The van der Waals surface area contributed by atoms with Crippen LogP contribution in [-0.4, -0.2) is 25.0 Å². The summed E-state index contributed by atoms with van der Waals surface area (Å²) < 4.78 is 20.4. The Hall–Kier alpha value is -3.13. The van der Waals surface area contributed by atoms with E-state index in [1.165, 1.54) is 12.1 Å². The standard InChI is InChI=1S/C27H24Cl2FN3O3/c1-14-2-5-17(30)12-18(14)25-27(20-6-3-16(29)11-22(20)32-26(27)35)21(13-24(34)33-25)19-10-15(28)4-7-23(19)36-9-8-31/h2-7,10-12,21,25H,8-9,13,31H2,1H3,(H,32,35)(H,33,34)/t21-,25+,27-/m0/s1. The summed E-state index contributed by atoms with van der Waals surface area (Å²) in [5.41, 5.74) is 7.38. The van der Waals surface area contributed by atoms with Gasteiger partial charge < -0.3 is 21.1 Å². The van der Waals surface area contributed by atoms with Crippen molar-refractivity contribution in [3.8, 4) is 5.75 Å². The number of carbonyl (C=O) groups excluding carboxylic acids is 2. The first-order chi connectivity index (χ1) is 17.2. The molecule has 36 heavy (non-hydrogen) atoms. The predicted octanol–water partition coefficient (Wildman–Crippen LogP) is 5.01. The SMILES string of the molecule is Cc1ccc(F)cc1[C@H]1NC(=O)C[C@@H](c2cc(Cl)ccc2OCCN)[C@]12C(=O)Nc1cc(Cl)ccc12. The number of hydrogen-bond donors (Lipinski definition) is 3. The topological polar surface area (TPSA) is 93.4 Å². The van der Waals surface area contributed by atoms with Crippen molar-refractivity contribution in [1.82, 2.24) is 5.32 Å². The first-order valence-electron chi connectivity index (χ1n) is 11.5. The third kappa shape index (κ3) is 3.92. The number of carbonyl (C=O) groups is 2. The van der Waals surface area contributed by atoms with E-state index in [-0.39, 0.29) is 31.4 Å². The van der Waals surface area contributed by atoms with E-state index in [4.69, 9.17) is 33.7 Å². The fraction of sp³-hybridized carbons (Fsp3) is 0.259. The van der Waals surface area contributed by atoms with E-state index in [0.717, 1.165) is 5.56 Å². The van der Waals surface area contributed by atoms with Gasteiger partial charge in [0, 0.05) is 40.2 Å². The van der Waals surface area contributed by atoms with Crippen LogP contribution in [0.25, 0.3) is 0 Å². The monoisotopic (exact) mass is 527 g/mol. The number of amides is 2. The third-order valence-electron chi connectivity index (χ3n) is 7.03. The summed E-state index contributed by atoms with van der Waals surface area (Å²) in [6, 6.07) is 13.8. The molecule has 2 aliphatic heterocycles. The highest BCUT2D eigenvalue weighted by atomic mass is 35.5. The highest BCUT2D eigenvalue weighted by molar-refractivity contribution is 6.31. The fourth-order valence-electron chi connectivity index (χ4n) is 5.54. The van der Waals surface area contributed by atoms with Gasteiger partial charge in [0.05, 0.1) is 6.04 Å². The smallest absolute Gasteiger partial charge is 0.238 e. The molecule has 3 aromatic carbocycles. The zero-order valence-corrected chi connectivity index (χ0v) is 20.9. The highest BCUT2D eigenvalue weighted by Crippen LogP contribution is 2.59. The number of piperidine rings is 1. The second-order valence-corrected chi connectivity index (χ2v) is 9.96. The summed E-state index contributed by atoms with van der Waals surface area (Å²) in [4.78, 5) is 27.3. The summed E-state index contributed by atoms with van der Waals surface area (Å²) >= 11 is 12.7. The summed E-state index contributed by atoms with van der Waals surface area (Å²) in [5.74, 6) is -1.28. The van der Waals surface area contributed by atoms with Crippen LogP contribution in [0.1, 0.15) is 40.6 Å². The Bertz CT molecular complexity index is 1380. The van der Waals surface area contributed by atoms with Gasteiger partial charge in [-0.05, 0) is 66.1 Å². The lowest BCUT2D eigenvalue weighted by atomic mass is 9.59. The molecule has 2 aliphatic rings. The predicted molar refractivity (Wildman–Crippen MR) is 137 cm³/mol. The minimum atomic E-state index is -1.34. The normalized spacial score (nSPS) is 22.8. The van der Waals surface area contributed by atoms with Gasteiger partial charge in [0.1, 0.15) is 23.6 Å². The van der Waals surface area contributed by atoms with Crippen molar-refractivity contribution in [2.75, 3.05) is 18.5 Å².